The molecule has 8 nitrogen and oxygen atoms in total. The average molecular weight is 482 g/mol. The molecule has 1 amide bonds. The van der Waals surface area contributed by atoms with Crippen LogP contribution in [0.2, 0.25) is 0 Å². The Morgan fingerprint density at radius 1 is 1.09 bits per heavy atom. The lowest BCUT2D eigenvalue weighted by Crippen LogP contribution is -2.32. The Balaban J connectivity index is 1.50. The van der Waals surface area contributed by atoms with Gasteiger partial charge in [0.15, 0.2) is 0 Å². The number of fused-ring (bicyclic) bond motifs is 1. The fourth-order valence-corrected chi connectivity index (χ4v) is 5.50. The van der Waals surface area contributed by atoms with Crippen LogP contribution in [0.3, 0.4) is 0 Å². The predicted molar refractivity (Wildman–Crippen MR) is 121 cm³/mol. The molecule has 34 heavy (non-hydrogen) atoms. The molecule has 1 aromatic heterocycles. The lowest BCUT2D eigenvalue weighted by Gasteiger charge is -2.17. The van der Waals surface area contributed by atoms with Gasteiger partial charge in [0.05, 0.1) is 33.5 Å². The van der Waals surface area contributed by atoms with E-state index in [9.17, 15) is 27.5 Å². The maximum Gasteiger partial charge on any atom is 0.314 e. The van der Waals surface area contributed by atoms with Crippen LogP contribution >= 0.6 is 0 Å². The number of sulfonamides is 1. The minimum absolute atomic E-state index is 0.0819. The normalized spacial score (nSPS) is 16.3. The zero-order valence-electron chi connectivity index (χ0n) is 17.8. The number of halogens is 1. The van der Waals surface area contributed by atoms with Crippen LogP contribution in [0.25, 0.3) is 11.1 Å². The second-order valence-corrected chi connectivity index (χ2v) is 10.1. The van der Waals surface area contributed by atoms with Crippen LogP contribution in [0, 0.1) is 5.82 Å². The largest absolute Gasteiger partial charge is 0.481 e. The standard InChI is InChI=1S/C24H20FN3O5S/c25-16-5-6-18(14-1-3-15(4-2-14)24(8-9-24)23(30)31)21(11-16)34(32,33)28-17-12-19-20(27-13-17)7-10-26-22(19)29/h1-6,11-13,28H,7-10H2,(H,26,29)(H,30,31). The monoisotopic (exact) mass is 481 g/mol. The number of aromatic nitrogens is 1. The van der Waals surface area contributed by atoms with Gasteiger partial charge in [0.2, 0.25) is 0 Å². The number of aliphatic carboxylic acids is 1. The van der Waals surface area contributed by atoms with Gasteiger partial charge in [-0.25, -0.2) is 12.8 Å². The van der Waals surface area contributed by atoms with Crippen LogP contribution in [-0.2, 0) is 26.7 Å². The van der Waals surface area contributed by atoms with E-state index < -0.39 is 27.2 Å². The van der Waals surface area contributed by atoms with Crippen molar-refractivity contribution in [2.75, 3.05) is 11.3 Å². The first-order chi connectivity index (χ1) is 16.2. The summed E-state index contributed by atoms with van der Waals surface area (Å²) >= 11 is 0. The van der Waals surface area contributed by atoms with Crippen molar-refractivity contribution in [2.24, 2.45) is 0 Å². The Kier molecular flexibility index (Phi) is 5.12. The van der Waals surface area contributed by atoms with Crippen LogP contribution < -0.4 is 10.0 Å². The van der Waals surface area contributed by atoms with Gasteiger partial charge in [-0.05, 0) is 42.2 Å². The first-order valence-electron chi connectivity index (χ1n) is 10.6. The summed E-state index contributed by atoms with van der Waals surface area (Å²) in [6, 6.07) is 11.4. The molecule has 1 fully saturated rings. The van der Waals surface area contributed by atoms with Crippen molar-refractivity contribution in [1.29, 1.82) is 0 Å². The van der Waals surface area contributed by atoms with Crippen molar-refractivity contribution < 1.29 is 27.5 Å². The minimum Gasteiger partial charge on any atom is -0.481 e. The maximum atomic E-state index is 14.1. The molecular weight excluding hydrogens is 461 g/mol. The number of benzene rings is 2. The van der Waals surface area contributed by atoms with Crippen LogP contribution in [0.15, 0.2) is 59.6 Å². The predicted octanol–water partition coefficient (Wildman–Crippen LogP) is 3.09. The number of carbonyl (C=O) groups is 2. The highest BCUT2D eigenvalue weighted by atomic mass is 32.2. The summed E-state index contributed by atoms with van der Waals surface area (Å²) in [5.74, 6) is -1.95. The molecule has 0 unspecified atom stereocenters. The van der Waals surface area contributed by atoms with Crippen molar-refractivity contribution >= 4 is 27.6 Å². The molecule has 2 aliphatic rings. The first kappa shape index (κ1) is 22.0. The highest BCUT2D eigenvalue weighted by molar-refractivity contribution is 7.92. The number of carbonyl (C=O) groups excluding carboxylic acids is 1. The van der Waals surface area contributed by atoms with Gasteiger partial charge in [0.1, 0.15) is 5.82 Å². The summed E-state index contributed by atoms with van der Waals surface area (Å²) in [6.07, 6.45) is 2.97. The van der Waals surface area contributed by atoms with E-state index in [1.165, 1.54) is 18.3 Å². The summed E-state index contributed by atoms with van der Waals surface area (Å²) in [7, 11) is -4.25. The maximum absolute atomic E-state index is 14.1. The van der Waals surface area contributed by atoms with Gasteiger partial charge in [0.25, 0.3) is 15.9 Å². The molecular formula is C24H20FN3O5S. The van der Waals surface area contributed by atoms with Gasteiger partial charge in [0, 0.05) is 18.5 Å². The van der Waals surface area contributed by atoms with Gasteiger partial charge in [-0.3, -0.25) is 19.3 Å². The van der Waals surface area contributed by atoms with E-state index in [-0.39, 0.29) is 27.6 Å². The first-order valence-corrected chi connectivity index (χ1v) is 12.1. The van der Waals surface area contributed by atoms with Crippen LogP contribution in [0.4, 0.5) is 10.1 Å². The van der Waals surface area contributed by atoms with E-state index in [1.54, 1.807) is 24.3 Å². The summed E-state index contributed by atoms with van der Waals surface area (Å²) in [5, 5.41) is 12.2. The van der Waals surface area contributed by atoms with Crippen LogP contribution in [-0.4, -0.2) is 36.9 Å². The van der Waals surface area contributed by atoms with Gasteiger partial charge >= 0.3 is 5.97 Å². The number of amides is 1. The fraction of sp³-hybridized carbons (Fsp3) is 0.208. The molecule has 174 valence electrons. The van der Waals surface area contributed by atoms with E-state index in [0.717, 1.165) is 12.1 Å². The Labute approximate surface area is 194 Å². The minimum atomic E-state index is -4.25. The lowest BCUT2D eigenvalue weighted by molar-refractivity contribution is -0.140. The number of carboxylic acids is 1. The van der Waals surface area contributed by atoms with Crippen molar-refractivity contribution in [3.05, 3.63) is 77.4 Å². The highest BCUT2D eigenvalue weighted by Crippen LogP contribution is 2.48. The summed E-state index contributed by atoms with van der Waals surface area (Å²) in [5.41, 5.74) is 1.45. The van der Waals surface area contributed by atoms with E-state index in [1.807, 2.05) is 0 Å². The van der Waals surface area contributed by atoms with Gasteiger partial charge in [-0.2, -0.15) is 0 Å². The fourth-order valence-electron chi connectivity index (χ4n) is 4.22. The average Bonchev–Trinajstić information content (AvgIpc) is 3.62. The number of carboxylic acid groups (broad SMARTS) is 1. The molecule has 0 radical (unpaired) electrons. The van der Waals surface area contributed by atoms with Gasteiger partial charge in [-0.15, -0.1) is 0 Å². The van der Waals surface area contributed by atoms with Gasteiger partial charge in [-0.1, -0.05) is 30.3 Å². The van der Waals surface area contributed by atoms with E-state index in [4.69, 9.17) is 0 Å². The lowest BCUT2D eigenvalue weighted by atomic mass is 9.94. The molecule has 1 saturated carbocycles. The summed E-state index contributed by atoms with van der Waals surface area (Å²) in [6.45, 7) is 0.461. The number of hydrogen-bond donors (Lipinski definition) is 3. The number of hydrogen-bond acceptors (Lipinski definition) is 5. The molecule has 1 aliphatic heterocycles. The molecule has 10 heteroatoms. The Morgan fingerprint density at radius 3 is 2.50 bits per heavy atom. The van der Waals surface area contributed by atoms with Crippen LogP contribution in [0.1, 0.15) is 34.5 Å². The molecule has 3 aromatic rings. The van der Waals surface area contributed by atoms with E-state index >= 15 is 0 Å². The molecule has 2 heterocycles. The zero-order chi connectivity index (χ0) is 24.1. The molecule has 0 saturated heterocycles. The number of pyridine rings is 1. The third kappa shape index (κ3) is 3.79. The highest BCUT2D eigenvalue weighted by Gasteiger charge is 2.51. The molecule has 2 aromatic carbocycles. The van der Waals surface area contributed by atoms with E-state index in [2.05, 4.69) is 15.0 Å². The molecule has 3 N–H and O–H groups in total. The third-order valence-electron chi connectivity index (χ3n) is 6.26. The second-order valence-electron chi connectivity index (χ2n) is 8.43. The number of rotatable bonds is 6. The molecule has 0 spiro atoms. The zero-order valence-corrected chi connectivity index (χ0v) is 18.7. The third-order valence-corrected chi connectivity index (χ3v) is 7.68. The molecule has 0 atom stereocenters. The molecule has 0 bridgehead atoms. The second kappa shape index (κ2) is 7.91. The van der Waals surface area contributed by atoms with Crippen molar-refractivity contribution in [1.82, 2.24) is 10.3 Å². The Morgan fingerprint density at radius 2 is 1.82 bits per heavy atom. The Hall–Kier alpha value is -3.79. The quantitative estimate of drug-likeness (QED) is 0.497. The van der Waals surface area contributed by atoms with Crippen molar-refractivity contribution in [3.8, 4) is 11.1 Å². The molecule has 1 aliphatic carbocycles. The number of anilines is 1. The Bertz CT molecular complexity index is 1430. The number of nitrogens with one attached hydrogen (secondary N) is 2. The topological polar surface area (TPSA) is 125 Å². The van der Waals surface area contributed by atoms with E-state index in [0.29, 0.717) is 42.6 Å². The van der Waals surface area contributed by atoms with Crippen LogP contribution in [0.5, 0.6) is 0 Å². The smallest absolute Gasteiger partial charge is 0.314 e. The van der Waals surface area contributed by atoms with Gasteiger partial charge < -0.3 is 10.4 Å². The summed E-state index contributed by atoms with van der Waals surface area (Å²) in [4.78, 5) is 27.6. The van der Waals surface area contributed by atoms with Crippen molar-refractivity contribution in [2.45, 2.75) is 29.6 Å². The molecule has 5 rings (SSSR count). The van der Waals surface area contributed by atoms with Crippen molar-refractivity contribution in [3.63, 3.8) is 0 Å². The SMILES string of the molecule is O=C1NCCc2ncc(NS(=O)(=O)c3cc(F)ccc3-c3ccc(C4(C(=O)O)CC4)cc3)cc21. The number of nitrogens with zero attached hydrogens (tertiary/aromatic N) is 1. The summed E-state index contributed by atoms with van der Waals surface area (Å²) < 4.78 is 43.0.